The van der Waals surface area contributed by atoms with Gasteiger partial charge < -0.3 is 9.64 Å². The van der Waals surface area contributed by atoms with Crippen molar-refractivity contribution in [3.05, 3.63) is 52.1 Å². The number of nitrogens with one attached hydrogen (secondary N) is 1. The minimum atomic E-state index is -0.0637. The summed E-state index contributed by atoms with van der Waals surface area (Å²) in [6, 6.07) is 9.79. The average Bonchev–Trinajstić information content (AvgIpc) is 3.07. The molecule has 1 aromatic heterocycles. The van der Waals surface area contributed by atoms with Crippen LogP contribution >= 0.6 is 46.9 Å². The highest BCUT2D eigenvalue weighted by Gasteiger charge is 2.35. The van der Waals surface area contributed by atoms with Crippen molar-refractivity contribution in [1.82, 2.24) is 14.6 Å². The Morgan fingerprint density at radius 1 is 1.37 bits per heavy atom. The van der Waals surface area contributed by atoms with Gasteiger partial charge in [0.2, 0.25) is 5.91 Å². The van der Waals surface area contributed by atoms with Crippen LogP contribution < -0.4 is 9.62 Å². The number of morpholine rings is 1. The van der Waals surface area contributed by atoms with E-state index in [9.17, 15) is 4.79 Å². The first kappa shape index (κ1) is 22.0. The molecular formula is C20H22Cl2N4O2S2. The topological polar surface area (TPSA) is 57.7 Å². The lowest BCUT2D eigenvalue weighted by Gasteiger charge is -2.36. The van der Waals surface area contributed by atoms with E-state index < -0.39 is 0 Å². The maximum Gasteiger partial charge on any atom is 0.226 e. The van der Waals surface area contributed by atoms with Crippen LogP contribution in [-0.4, -0.2) is 52.8 Å². The maximum absolute atomic E-state index is 11.4. The fraction of sp³-hybridized carbons (Fsp3) is 0.400. The number of aromatic nitrogens is 1. The molecule has 1 N–H and O–H groups in total. The number of anilines is 1. The van der Waals surface area contributed by atoms with Gasteiger partial charge in [0.1, 0.15) is 9.73 Å². The summed E-state index contributed by atoms with van der Waals surface area (Å²) in [7, 11) is 0. The molecule has 2 aliphatic heterocycles. The number of nitrogens with zero attached hydrogens (tertiary/aromatic N) is 3. The number of benzene rings is 1. The van der Waals surface area contributed by atoms with Gasteiger partial charge in [-0.3, -0.25) is 14.4 Å². The Kier molecular flexibility index (Phi) is 7.33. The van der Waals surface area contributed by atoms with E-state index in [1.54, 1.807) is 18.0 Å². The van der Waals surface area contributed by atoms with Gasteiger partial charge in [0.25, 0.3) is 0 Å². The first-order chi connectivity index (χ1) is 14.5. The highest BCUT2D eigenvalue weighted by atomic mass is 35.5. The molecule has 0 bridgehead atoms. The summed E-state index contributed by atoms with van der Waals surface area (Å²) in [6.07, 6.45) is 1.85. The summed E-state index contributed by atoms with van der Waals surface area (Å²) in [6.45, 7) is 5.40. The number of pyridine rings is 1. The molecule has 0 saturated carbocycles. The van der Waals surface area contributed by atoms with Gasteiger partial charge in [0.15, 0.2) is 0 Å². The molecule has 160 valence electrons. The van der Waals surface area contributed by atoms with Crippen molar-refractivity contribution in [2.24, 2.45) is 0 Å². The monoisotopic (exact) mass is 484 g/mol. The molecule has 0 radical (unpaired) electrons. The molecule has 30 heavy (non-hydrogen) atoms. The molecule has 3 heterocycles. The summed E-state index contributed by atoms with van der Waals surface area (Å²) in [4.78, 5) is 20.5. The smallest absolute Gasteiger partial charge is 0.226 e. The predicted molar refractivity (Wildman–Crippen MR) is 124 cm³/mol. The number of thioether (sulfide) groups is 1. The number of halogens is 2. The third-order valence-corrected chi connectivity index (χ3v) is 8.02. The summed E-state index contributed by atoms with van der Waals surface area (Å²) >= 11 is 15.3. The highest BCUT2D eigenvalue weighted by Crippen LogP contribution is 2.45. The van der Waals surface area contributed by atoms with Gasteiger partial charge in [-0.1, -0.05) is 41.0 Å². The molecule has 0 spiro atoms. The first-order valence-electron chi connectivity index (χ1n) is 9.58. The Balaban J connectivity index is 1.42. The number of amides is 1. The molecule has 1 amide bonds. The van der Waals surface area contributed by atoms with Crippen LogP contribution in [0.15, 0.2) is 41.6 Å². The molecule has 1 saturated heterocycles. The molecule has 0 aliphatic carbocycles. The zero-order chi connectivity index (χ0) is 21.1. The van der Waals surface area contributed by atoms with Gasteiger partial charge >= 0.3 is 0 Å². The van der Waals surface area contributed by atoms with E-state index in [2.05, 4.69) is 25.6 Å². The Labute approximate surface area is 194 Å². The second-order valence-electron chi connectivity index (χ2n) is 7.16. The lowest BCUT2D eigenvalue weighted by molar-refractivity contribution is -0.117. The van der Waals surface area contributed by atoms with Crippen molar-refractivity contribution in [3.63, 3.8) is 0 Å². The van der Waals surface area contributed by atoms with E-state index in [-0.39, 0.29) is 16.7 Å². The normalized spacial score (nSPS) is 21.5. The van der Waals surface area contributed by atoms with E-state index in [1.165, 1.54) is 18.9 Å². The lowest BCUT2D eigenvalue weighted by Crippen LogP contribution is -2.48. The van der Waals surface area contributed by atoms with Crippen LogP contribution in [0.4, 0.5) is 5.69 Å². The Bertz CT molecular complexity index is 920. The van der Waals surface area contributed by atoms with Crippen molar-refractivity contribution in [2.45, 2.75) is 29.3 Å². The van der Waals surface area contributed by atoms with Crippen LogP contribution in [-0.2, 0) is 16.1 Å². The Hall–Kier alpha value is -1.16. The summed E-state index contributed by atoms with van der Waals surface area (Å²) in [5.74, 6) is -0.0637. The molecule has 2 unspecified atom stereocenters. The van der Waals surface area contributed by atoms with Crippen molar-refractivity contribution in [3.8, 4) is 0 Å². The largest absolute Gasteiger partial charge is 0.374 e. The Morgan fingerprint density at radius 3 is 3.03 bits per heavy atom. The van der Waals surface area contributed by atoms with Crippen molar-refractivity contribution < 1.29 is 9.53 Å². The zero-order valence-electron chi connectivity index (χ0n) is 16.4. The van der Waals surface area contributed by atoms with Crippen molar-refractivity contribution in [1.29, 1.82) is 0 Å². The summed E-state index contributed by atoms with van der Waals surface area (Å²) in [5.41, 5.74) is 2.21. The van der Waals surface area contributed by atoms with Gasteiger partial charge in [-0.25, -0.2) is 4.98 Å². The standard InChI is InChI=1S/C20H22Cl2N4O2S2/c1-13(27)24-30-20-26(18-3-2-6-23-19(18)29-20)12-15-11-25(7-8-28-15)10-14-4-5-16(21)17(22)9-14/h2-6,9,15,20H,7-8,10-12H2,1H3,(H,24,27). The molecule has 2 aliphatic rings. The predicted octanol–water partition coefficient (Wildman–Crippen LogP) is 4.27. The molecule has 2 aromatic rings. The van der Waals surface area contributed by atoms with Crippen LogP contribution in [0.3, 0.4) is 0 Å². The quantitative estimate of drug-likeness (QED) is 0.614. The number of hydrogen-bond acceptors (Lipinski definition) is 7. The van der Waals surface area contributed by atoms with Gasteiger partial charge in [-0.15, -0.1) is 0 Å². The summed E-state index contributed by atoms with van der Waals surface area (Å²) in [5, 5.41) is 2.13. The number of hydrogen-bond donors (Lipinski definition) is 1. The van der Waals surface area contributed by atoms with Crippen molar-refractivity contribution >= 4 is 58.5 Å². The molecule has 2 atom stereocenters. The molecule has 1 aromatic carbocycles. The number of rotatable bonds is 6. The van der Waals surface area contributed by atoms with E-state index in [4.69, 9.17) is 27.9 Å². The van der Waals surface area contributed by atoms with Crippen LogP contribution in [0.2, 0.25) is 10.0 Å². The van der Waals surface area contributed by atoms with E-state index >= 15 is 0 Å². The molecule has 6 nitrogen and oxygen atoms in total. The van der Waals surface area contributed by atoms with Crippen LogP contribution in [0.5, 0.6) is 0 Å². The minimum Gasteiger partial charge on any atom is -0.374 e. The van der Waals surface area contributed by atoms with E-state index in [1.807, 2.05) is 24.3 Å². The third-order valence-electron chi connectivity index (χ3n) is 4.84. The minimum absolute atomic E-state index is 0.0212. The lowest BCUT2D eigenvalue weighted by atomic mass is 10.2. The molecule has 4 rings (SSSR count). The second kappa shape index (κ2) is 9.97. The number of ether oxygens (including phenoxy) is 1. The fourth-order valence-electron chi connectivity index (χ4n) is 3.52. The second-order valence-corrected chi connectivity index (χ2v) is 10.2. The zero-order valence-corrected chi connectivity index (χ0v) is 19.5. The van der Waals surface area contributed by atoms with Gasteiger partial charge in [0.05, 0.1) is 28.4 Å². The number of carbonyl (C=O) groups excluding carboxylic acids is 1. The maximum atomic E-state index is 11.4. The van der Waals surface area contributed by atoms with Crippen molar-refractivity contribution in [2.75, 3.05) is 31.1 Å². The molecule has 1 fully saturated rings. The van der Waals surface area contributed by atoms with Gasteiger partial charge in [-0.2, -0.15) is 0 Å². The molecular weight excluding hydrogens is 463 g/mol. The Morgan fingerprint density at radius 2 is 2.23 bits per heavy atom. The van der Waals surface area contributed by atoms with Gasteiger partial charge in [0, 0.05) is 39.3 Å². The average molecular weight is 485 g/mol. The van der Waals surface area contributed by atoms with Gasteiger partial charge in [-0.05, 0) is 41.8 Å². The fourth-order valence-corrected chi connectivity index (χ4v) is 5.99. The number of carbonyl (C=O) groups is 1. The highest BCUT2D eigenvalue weighted by molar-refractivity contribution is 8.16. The summed E-state index contributed by atoms with van der Waals surface area (Å²) < 4.78 is 8.96. The van der Waals surface area contributed by atoms with E-state index in [0.717, 1.165) is 42.5 Å². The van der Waals surface area contributed by atoms with E-state index in [0.29, 0.717) is 16.7 Å². The van der Waals surface area contributed by atoms with Crippen LogP contribution in [0.25, 0.3) is 0 Å². The van der Waals surface area contributed by atoms with Crippen LogP contribution in [0.1, 0.15) is 12.5 Å². The van der Waals surface area contributed by atoms with Crippen LogP contribution in [0, 0.1) is 0 Å². The first-order valence-corrected chi connectivity index (χ1v) is 12.1. The molecule has 10 heteroatoms. The third kappa shape index (κ3) is 5.36. The SMILES string of the molecule is CC(=O)NSC1Sc2ncccc2N1CC1CN(Cc2ccc(Cl)c(Cl)c2)CCO1. The number of fused-ring (bicyclic) bond motifs is 1.